The molecular weight excluding hydrogens is 382 g/mol. The fourth-order valence-electron chi connectivity index (χ4n) is 3.01. The molecule has 0 heterocycles. The van der Waals surface area contributed by atoms with E-state index in [0.717, 1.165) is 16.5 Å². The van der Waals surface area contributed by atoms with E-state index in [2.05, 4.69) is 5.32 Å². The number of rotatable bonds is 9. The second-order valence-electron chi connectivity index (χ2n) is 7.12. The first kappa shape index (κ1) is 21.2. The van der Waals surface area contributed by atoms with Crippen molar-refractivity contribution in [3.05, 3.63) is 72.3 Å². The van der Waals surface area contributed by atoms with E-state index < -0.39 is 17.4 Å². The number of para-hydroxylation sites is 1. The highest BCUT2D eigenvalue weighted by Gasteiger charge is 2.34. The van der Waals surface area contributed by atoms with Gasteiger partial charge in [0, 0.05) is 5.39 Å². The molecule has 0 bridgehead atoms. The summed E-state index contributed by atoms with van der Waals surface area (Å²) in [5.41, 5.74) is -1.08. The average molecular weight is 407 g/mol. The van der Waals surface area contributed by atoms with Crippen molar-refractivity contribution in [1.29, 1.82) is 0 Å². The van der Waals surface area contributed by atoms with E-state index in [-0.39, 0.29) is 18.6 Å². The van der Waals surface area contributed by atoms with Crippen LogP contribution in [0.15, 0.2) is 66.7 Å². The van der Waals surface area contributed by atoms with E-state index in [9.17, 15) is 14.7 Å². The van der Waals surface area contributed by atoms with Gasteiger partial charge in [-0.25, -0.2) is 4.79 Å². The summed E-state index contributed by atoms with van der Waals surface area (Å²) in [4.78, 5) is 24.6. The van der Waals surface area contributed by atoms with Crippen LogP contribution in [0.3, 0.4) is 0 Å². The first-order valence-corrected chi connectivity index (χ1v) is 9.83. The van der Waals surface area contributed by atoms with Gasteiger partial charge in [-0.3, -0.25) is 4.79 Å². The third-order valence-corrected chi connectivity index (χ3v) is 5.03. The molecule has 6 heteroatoms. The maximum absolute atomic E-state index is 13.0. The molecule has 6 nitrogen and oxygen atoms in total. The molecule has 0 spiro atoms. The Balaban J connectivity index is 1.83. The standard InChI is InChI=1S/C24H25NO5/c1-3-24(2,23(27)28)25-22(26)20-14-13-17-9-7-8-12-19(17)21(20)30-16-15-29-18-10-5-4-6-11-18/h4-14H,3,15-16H2,1-2H3,(H,25,26)(H,27,28)/t24-/m0/s1. The molecule has 0 aliphatic rings. The Bertz CT molecular complexity index is 1030. The summed E-state index contributed by atoms with van der Waals surface area (Å²) in [6.45, 7) is 3.74. The number of ether oxygens (including phenoxy) is 2. The number of aliphatic carboxylic acids is 1. The van der Waals surface area contributed by atoms with Crippen LogP contribution < -0.4 is 14.8 Å². The van der Waals surface area contributed by atoms with Crippen molar-refractivity contribution < 1.29 is 24.2 Å². The lowest BCUT2D eigenvalue weighted by Gasteiger charge is -2.25. The number of hydrogen-bond donors (Lipinski definition) is 2. The maximum Gasteiger partial charge on any atom is 0.329 e. The molecule has 0 aromatic heterocycles. The number of carboxylic acids is 1. The fourth-order valence-corrected chi connectivity index (χ4v) is 3.01. The van der Waals surface area contributed by atoms with Crippen LogP contribution in [-0.2, 0) is 4.79 Å². The summed E-state index contributed by atoms with van der Waals surface area (Å²) >= 11 is 0. The molecular formula is C24H25NO5. The second kappa shape index (κ2) is 9.31. The van der Waals surface area contributed by atoms with Crippen molar-refractivity contribution in [1.82, 2.24) is 5.32 Å². The van der Waals surface area contributed by atoms with Crippen LogP contribution in [0.1, 0.15) is 30.6 Å². The zero-order valence-corrected chi connectivity index (χ0v) is 17.1. The Morgan fingerprint density at radius 2 is 1.60 bits per heavy atom. The Morgan fingerprint density at radius 1 is 0.933 bits per heavy atom. The Hall–Kier alpha value is -3.54. The summed E-state index contributed by atoms with van der Waals surface area (Å²) in [7, 11) is 0. The van der Waals surface area contributed by atoms with Gasteiger partial charge in [-0.2, -0.15) is 0 Å². The average Bonchev–Trinajstić information content (AvgIpc) is 2.77. The topological polar surface area (TPSA) is 84.9 Å². The molecule has 0 aliphatic carbocycles. The van der Waals surface area contributed by atoms with Crippen LogP contribution in [-0.4, -0.2) is 35.7 Å². The minimum Gasteiger partial charge on any atom is -0.490 e. The lowest BCUT2D eigenvalue weighted by atomic mass is 9.97. The summed E-state index contributed by atoms with van der Waals surface area (Å²) in [6, 6.07) is 20.4. The molecule has 0 unspecified atom stereocenters. The van der Waals surface area contributed by atoms with Gasteiger partial charge in [0.15, 0.2) is 0 Å². The van der Waals surface area contributed by atoms with Gasteiger partial charge in [0.25, 0.3) is 5.91 Å². The first-order chi connectivity index (χ1) is 14.4. The zero-order chi connectivity index (χ0) is 21.6. The molecule has 156 valence electrons. The van der Waals surface area contributed by atoms with Crippen LogP contribution in [0.4, 0.5) is 0 Å². The Morgan fingerprint density at radius 3 is 2.30 bits per heavy atom. The normalized spacial score (nSPS) is 12.7. The molecule has 30 heavy (non-hydrogen) atoms. The highest BCUT2D eigenvalue weighted by Crippen LogP contribution is 2.30. The third-order valence-electron chi connectivity index (χ3n) is 5.03. The Kier molecular flexibility index (Phi) is 6.57. The van der Waals surface area contributed by atoms with Crippen LogP contribution in [0, 0.1) is 0 Å². The van der Waals surface area contributed by atoms with Gasteiger partial charge in [0.05, 0.1) is 5.56 Å². The highest BCUT2D eigenvalue weighted by molar-refractivity contribution is 6.05. The van der Waals surface area contributed by atoms with E-state index >= 15 is 0 Å². The molecule has 1 atom stereocenters. The van der Waals surface area contributed by atoms with Crippen molar-refractivity contribution in [2.45, 2.75) is 25.8 Å². The Labute approximate surface area is 175 Å². The molecule has 3 rings (SSSR count). The van der Waals surface area contributed by atoms with E-state index in [1.807, 2.05) is 60.7 Å². The number of carbonyl (C=O) groups is 2. The lowest BCUT2D eigenvalue weighted by Crippen LogP contribution is -2.51. The molecule has 3 aromatic carbocycles. The third kappa shape index (κ3) is 4.71. The minimum absolute atomic E-state index is 0.229. The molecule has 2 N–H and O–H groups in total. The van der Waals surface area contributed by atoms with E-state index in [0.29, 0.717) is 12.4 Å². The number of hydrogen-bond acceptors (Lipinski definition) is 4. The van der Waals surface area contributed by atoms with Crippen LogP contribution in [0.2, 0.25) is 0 Å². The number of carbonyl (C=O) groups excluding carboxylic acids is 1. The molecule has 0 saturated carbocycles. The first-order valence-electron chi connectivity index (χ1n) is 9.83. The summed E-state index contributed by atoms with van der Waals surface area (Å²) in [5, 5.41) is 13.8. The molecule has 0 aliphatic heterocycles. The van der Waals surface area contributed by atoms with E-state index in [4.69, 9.17) is 9.47 Å². The lowest BCUT2D eigenvalue weighted by molar-refractivity contribution is -0.143. The smallest absolute Gasteiger partial charge is 0.329 e. The number of amides is 1. The molecule has 0 radical (unpaired) electrons. The number of carboxylic acid groups (broad SMARTS) is 1. The van der Waals surface area contributed by atoms with Gasteiger partial charge < -0.3 is 19.9 Å². The number of nitrogens with one attached hydrogen (secondary N) is 1. The fraction of sp³-hybridized carbons (Fsp3) is 0.250. The molecule has 3 aromatic rings. The van der Waals surface area contributed by atoms with Gasteiger partial charge in [-0.1, -0.05) is 55.5 Å². The number of fused-ring (bicyclic) bond motifs is 1. The summed E-state index contributed by atoms with van der Waals surface area (Å²) in [5.74, 6) is -0.437. The van der Waals surface area contributed by atoms with E-state index in [1.54, 1.807) is 13.0 Å². The predicted octanol–water partition coefficient (Wildman–Crippen LogP) is 4.28. The SMILES string of the molecule is CC[C@](C)(NC(=O)c1ccc2ccccc2c1OCCOc1ccccc1)C(=O)O. The molecule has 1 amide bonds. The number of benzene rings is 3. The summed E-state index contributed by atoms with van der Waals surface area (Å²) in [6.07, 6.45) is 0.253. The molecule has 0 saturated heterocycles. The van der Waals surface area contributed by atoms with Gasteiger partial charge in [0.2, 0.25) is 0 Å². The van der Waals surface area contributed by atoms with Gasteiger partial charge >= 0.3 is 5.97 Å². The summed E-state index contributed by atoms with van der Waals surface area (Å²) < 4.78 is 11.6. The van der Waals surface area contributed by atoms with Crippen molar-refractivity contribution in [3.8, 4) is 11.5 Å². The van der Waals surface area contributed by atoms with Crippen LogP contribution in [0.25, 0.3) is 10.8 Å². The van der Waals surface area contributed by atoms with Gasteiger partial charge in [0.1, 0.15) is 30.3 Å². The largest absolute Gasteiger partial charge is 0.490 e. The van der Waals surface area contributed by atoms with Crippen molar-refractivity contribution in [3.63, 3.8) is 0 Å². The van der Waals surface area contributed by atoms with E-state index in [1.165, 1.54) is 6.92 Å². The van der Waals surface area contributed by atoms with Crippen molar-refractivity contribution >= 4 is 22.6 Å². The van der Waals surface area contributed by atoms with Crippen LogP contribution in [0.5, 0.6) is 11.5 Å². The van der Waals surface area contributed by atoms with Crippen LogP contribution >= 0.6 is 0 Å². The van der Waals surface area contributed by atoms with Crippen molar-refractivity contribution in [2.24, 2.45) is 0 Å². The van der Waals surface area contributed by atoms with Gasteiger partial charge in [-0.05, 0) is 36.9 Å². The zero-order valence-electron chi connectivity index (χ0n) is 17.1. The highest BCUT2D eigenvalue weighted by atomic mass is 16.5. The monoisotopic (exact) mass is 407 g/mol. The predicted molar refractivity (Wildman–Crippen MR) is 115 cm³/mol. The minimum atomic E-state index is -1.36. The van der Waals surface area contributed by atoms with Gasteiger partial charge in [-0.15, -0.1) is 0 Å². The second-order valence-corrected chi connectivity index (χ2v) is 7.12. The van der Waals surface area contributed by atoms with Crippen molar-refractivity contribution in [2.75, 3.05) is 13.2 Å². The molecule has 0 fully saturated rings. The maximum atomic E-state index is 13.0. The quantitative estimate of drug-likeness (QED) is 0.517.